The van der Waals surface area contributed by atoms with Gasteiger partial charge in [0.25, 0.3) is 0 Å². The molecule has 1 unspecified atom stereocenters. The molecule has 6 nitrogen and oxygen atoms in total. The number of ether oxygens (including phenoxy) is 1. The largest absolute Gasteiger partial charge is 0.466 e. The summed E-state index contributed by atoms with van der Waals surface area (Å²) >= 11 is 1.65. The van der Waals surface area contributed by atoms with Crippen LogP contribution in [0.15, 0.2) is 0 Å². The van der Waals surface area contributed by atoms with Gasteiger partial charge in [-0.15, -0.1) is 0 Å². The first-order valence-electron chi connectivity index (χ1n) is 11.2. The molecule has 0 heterocycles. The van der Waals surface area contributed by atoms with Crippen LogP contribution >= 0.6 is 11.8 Å². The van der Waals surface area contributed by atoms with Crippen LogP contribution in [0.1, 0.15) is 71.6 Å². The van der Waals surface area contributed by atoms with Gasteiger partial charge < -0.3 is 20.7 Å². The summed E-state index contributed by atoms with van der Waals surface area (Å²) in [4.78, 5) is 25.7. The van der Waals surface area contributed by atoms with Crippen molar-refractivity contribution in [3.05, 3.63) is 0 Å². The minimum absolute atomic E-state index is 0.0898. The van der Waals surface area contributed by atoms with E-state index >= 15 is 0 Å². The molecule has 0 rings (SSSR count). The molecule has 0 spiro atoms. The van der Waals surface area contributed by atoms with Crippen molar-refractivity contribution >= 4 is 23.6 Å². The van der Waals surface area contributed by atoms with Gasteiger partial charge in [0, 0.05) is 12.3 Å². The van der Waals surface area contributed by atoms with Crippen molar-refractivity contribution in [1.82, 2.24) is 10.2 Å². The first-order chi connectivity index (χ1) is 13.8. The highest BCUT2D eigenvalue weighted by molar-refractivity contribution is 7.99. The predicted octanol–water partition coefficient (Wildman–Crippen LogP) is 3.43. The number of thioether (sulfide) groups is 1. The molecular formula is C22H45N3O3S. The van der Waals surface area contributed by atoms with Crippen LogP contribution in [0.3, 0.4) is 0 Å². The lowest BCUT2D eigenvalue weighted by atomic mass is 10.0. The number of nitrogens with one attached hydrogen (secondary N) is 1. The Hall–Kier alpha value is -0.790. The minimum Gasteiger partial charge on any atom is -0.466 e. The summed E-state index contributed by atoms with van der Waals surface area (Å²) in [5, 5.41) is 2.87. The standard InChI is InChI=1S/C22H45N3O3S/c1-19(2)11-8-6-5-7-9-16-28-21(26)13-18-29-17-12-20(23)22(27)24-14-10-15-25(3)4/h19-20H,5-18,23H2,1-4H3,(H,24,27). The van der Waals surface area contributed by atoms with Crippen molar-refractivity contribution < 1.29 is 14.3 Å². The van der Waals surface area contributed by atoms with Crippen molar-refractivity contribution in [3.8, 4) is 0 Å². The van der Waals surface area contributed by atoms with Crippen LogP contribution < -0.4 is 11.1 Å². The molecule has 0 saturated carbocycles. The Balaban J connectivity index is 3.46. The number of rotatable bonds is 19. The van der Waals surface area contributed by atoms with E-state index in [0.717, 1.165) is 37.5 Å². The maximum Gasteiger partial charge on any atom is 0.306 e. The van der Waals surface area contributed by atoms with Crippen LogP contribution in [0.5, 0.6) is 0 Å². The topological polar surface area (TPSA) is 84.7 Å². The van der Waals surface area contributed by atoms with Crippen LogP contribution in [-0.4, -0.2) is 68.1 Å². The zero-order valence-corrected chi connectivity index (χ0v) is 20.0. The Morgan fingerprint density at radius 1 is 1.00 bits per heavy atom. The van der Waals surface area contributed by atoms with Crippen molar-refractivity contribution in [2.75, 3.05) is 45.3 Å². The molecule has 0 aliphatic rings. The van der Waals surface area contributed by atoms with E-state index in [9.17, 15) is 9.59 Å². The van der Waals surface area contributed by atoms with Crippen LogP contribution in [0.25, 0.3) is 0 Å². The van der Waals surface area contributed by atoms with Crippen molar-refractivity contribution in [3.63, 3.8) is 0 Å². The molecule has 0 aromatic carbocycles. The number of hydrogen-bond donors (Lipinski definition) is 2. The first-order valence-corrected chi connectivity index (χ1v) is 12.4. The van der Waals surface area contributed by atoms with E-state index in [1.54, 1.807) is 11.8 Å². The molecule has 7 heteroatoms. The second-order valence-corrected chi connectivity index (χ2v) is 9.60. The SMILES string of the molecule is CC(C)CCCCCCCOC(=O)CCSCCC(N)C(=O)NCCCN(C)C. The molecule has 3 N–H and O–H groups in total. The first kappa shape index (κ1) is 28.2. The number of nitrogens with zero attached hydrogens (tertiary/aromatic N) is 1. The number of hydrogen-bond acceptors (Lipinski definition) is 6. The fourth-order valence-corrected chi connectivity index (χ4v) is 3.72. The van der Waals surface area contributed by atoms with Crippen LogP contribution in [0, 0.1) is 5.92 Å². The van der Waals surface area contributed by atoms with Crippen molar-refractivity contribution in [2.45, 2.75) is 77.7 Å². The summed E-state index contributed by atoms with van der Waals surface area (Å²) in [6.45, 7) is 6.66. The third-order valence-electron chi connectivity index (χ3n) is 4.63. The molecule has 0 bridgehead atoms. The highest BCUT2D eigenvalue weighted by Gasteiger charge is 2.12. The molecule has 172 valence electrons. The van der Waals surface area contributed by atoms with Crippen molar-refractivity contribution in [1.29, 1.82) is 0 Å². The molecule has 1 atom stereocenters. The highest BCUT2D eigenvalue weighted by Crippen LogP contribution is 2.11. The van der Waals surface area contributed by atoms with E-state index in [0.29, 0.717) is 31.7 Å². The molecule has 0 radical (unpaired) electrons. The van der Waals surface area contributed by atoms with Gasteiger partial charge in [-0.05, 0) is 51.6 Å². The lowest BCUT2D eigenvalue weighted by molar-refractivity contribution is -0.143. The molecule has 1 amide bonds. The van der Waals surface area contributed by atoms with Gasteiger partial charge in [-0.25, -0.2) is 0 Å². The Morgan fingerprint density at radius 3 is 2.38 bits per heavy atom. The summed E-state index contributed by atoms with van der Waals surface area (Å²) in [5.74, 6) is 2.06. The highest BCUT2D eigenvalue weighted by atomic mass is 32.2. The number of amides is 1. The van der Waals surface area contributed by atoms with Gasteiger partial charge in [0.05, 0.1) is 19.1 Å². The predicted molar refractivity (Wildman–Crippen MR) is 124 cm³/mol. The summed E-state index contributed by atoms with van der Waals surface area (Å²) in [5.41, 5.74) is 5.91. The molecule has 0 fully saturated rings. The maximum atomic E-state index is 11.9. The lowest BCUT2D eigenvalue weighted by Gasteiger charge is -2.13. The minimum atomic E-state index is -0.477. The Labute approximate surface area is 183 Å². The van der Waals surface area contributed by atoms with E-state index < -0.39 is 6.04 Å². The molecule has 0 aromatic heterocycles. The van der Waals surface area contributed by atoms with E-state index in [1.807, 2.05) is 14.1 Å². The molecule has 0 aromatic rings. The number of carbonyl (C=O) groups is 2. The van der Waals surface area contributed by atoms with Gasteiger partial charge in [0.1, 0.15) is 0 Å². The van der Waals surface area contributed by atoms with Gasteiger partial charge in [-0.1, -0.05) is 46.0 Å². The number of nitrogens with two attached hydrogens (primary N) is 1. The van der Waals surface area contributed by atoms with Crippen LogP contribution in [-0.2, 0) is 14.3 Å². The smallest absolute Gasteiger partial charge is 0.306 e. The Kier molecular flexibility index (Phi) is 18.7. The second-order valence-electron chi connectivity index (χ2n) is 8.38. The number of esters is 1. The third-order valence-corrected chi connectivity index (χ3v) is 5.65. The monoisotopic (exact) mass is 431 g/mol. The van der Waals surface area contributed by atoms with Gasteiger partial charge in [0.2, 0.25) is 5.91 Å². The average Bonchev–Trinajstić information content (AvgIpc) is 2.66. The molecule has 0 aliphatic carbocycles. The van der Waals surface area contributed by atoms with E-state index in [1.165, 1.54) is 25.7 Å². The van der Waals surface area contributed by atoms with Gasteiger partial charge >= 0.3 is 5.97 Å². The Bertz CT molecular complexity index is 420. The third kappa shape index (κ3) is 20.3. The summed E-state index contributed by atoms with van der Waals surface area (Å²) in [7, 11) is 4.02. The normalized spacial score (nSPS) is 12.4. The van der Waals surface area contributed by atoms with E-state index in [-0.39, 0.29) is 11.9 Å². The average molecular weight is 432 g/mol. The van der Waals surface area contributed by atoms with Crippen LogP contribution in [0.2, 0.25) is 0 Å². The fourth-order valence-electron chi connectivity index (χ4n) is 2.78. The molecular weight excluding hydrogens is 386 g/mol. The second kappa shape index (κ2) is 19.2. The van der Waals surface area contributed by atoms with Crippen molar-refractivity contribution in [2.24, 2.45) is 11.7 Å². The number of unbranched alkanes of at least 4 members (excludes halogenated alkanes) is 4. The summed E-state index contributed by atoms with van der Waals surface area (Å²) < 4.78 is 5.28. The summed E-state index contributed by atoms with van der Waals surface area (Å²) in [6.07, 6.45) is 9.16. The lowest BCUT2D eigenvalue weighted by Crippen LogP contribution is -2.41. The Morgan fingerprint density at radius 2 is 1.69 bits per heavy atom. The van der Waals surface area contributed by atoms with E-state index in [4.69, 9.17) is 10.5 Å². The quantitative estimate of drug-likeness (QED) is 0.241. The van der Waals surface area contributed by atoms with Crippen LogP contribution in [0.4, 0.5) is 0 Å². The molecule has 0 saturated heterocycles. The van der Waals surface area contributed by atoms with Gasteiger partial charge in [0.15, 0.2) is 0 Å². The van der Waals surface area contributed by atoms with Gasteiger partial charge in [-0.3, -0.25) is 9.59 Å². The summed E-state index contributed by atoms with van der Waals surface area (Å²) in [6, 6.07) is -0.477. The molecule has 29 heavy (non-hydrogen) atoms. The van der Waals surface area contributed by atoms with Gasteiger partial charge in [-0.2, -0.15) is 11.8 Å². The molecule has 0 aliphatic heterocycles. The zero-order chi connectivity index (χ0) is 21.9. The number of carbonyl (C=O) groups excluding carboxylic acids is 2. The van der Waals surface area contributed by atoms with E-state index in [2.05, 4.69) is 24.1 Å². The maximum absolute atomic E-state index is 11.9. The fraction of sp³-hybridized carbons (Fsp3) is 0.909. The zero-order valence-electron chi connectivity index (χ0n) is 19.2.